The number of rotatable bonds is 2. The van der Waals surface area contributed by atoms with Crippen molar-refractivity contribution in [3.63, 3.8) is 0 Å². The van der Waals surface area contributed by atoms with E-state index in [4.69, 9.17) is 0 Å². The van der Waals surface area contributed by atoms with Gasteiger partial charge in [0.25, 0.3) is 5.91 Å². The summed E-state index contributed by atoms with van der Waals surface area (Å²) in [6.07, 6.45) is 6.62. The Hall–Kier alpha value is -1.97. The molecule has 0 atom stereocenters. The van der Waals surface area contributed by atoms with Gasteiger partial charge in [0.2, 0.25) is 0 Å². The van der Waals surface area contributed by atoms with E-state index in [2.05, 4.69) is 43.1 Å². The van der Waals surface area contributed by atoms with Crippen molar-refractivity contribution in [2.45, 2.75) is 0 Å². The van der Waals surface area contributed by atoms with Crippen molar-refractivity contribution in [3.05, 3.63) is 40.1 Å². The smallest absolute Gasteiger partial charge is 0.261 e. The zero-order valence-corrected chi connectivity index (χ0v) is 12.1. The second-order valence-corrected chi connectivity index (χ2v) is 4.93. The van der Waals surface area contributed by atoms with Gasteiger partial charge in [0.15, 0.2) is 5.65 Å². The first kappa shape index (κ1) is 12.1. The number of anilines is 1. The molecule has 3 heterocycles. The summed E-state index contributed by atoms with van der Waals surface area (Å²) in [5, 5.41) is 11.0. The molecule has 0 saturated carbocycles. The summed E-state index contributed by atoms with van der Waals surface area (Å²) in [6.45, 7) is 0. The van der Waals surface area contributed by atoms with Crippen LogP contribution in [0.25, 0.3) is 5.65 Å². The van der Waals surface area contributed by atoms with Crippen molar-refractivity contribution in [2.24, 2.45) is 7.05 Å². The summed E-state index contributed by atoms with van der Waals surface area (Å²) in [5.74, 6) is -0.250. The fourth-order valence-corrected chi connectivity index (χ4v) is 2.34. The highest BCUT2D eigenvalue weighted by Gasteiger charge is 2.15. The Bertz CT molecular complexity index is 761. The van der Waals surface area contributed by atoms with E-state index in [1.54, 1.807) is 40.9 Å². The van der Waals surface area contributed by atoms with E-state index in [-0.39, 0.29) is 5.91 Å². The molecule has 0 aliphatic carbocycles. The van der Waals surface area contributed by atoms with Crippen LogP contribution in [0.5, 0.6) is 0 Å². The van der Waals surface area contributed by atoms with Gasteiger partial charge in [-0.25, -0.2) is 9.50 Å². The number of hydrogen-bond donors (Lipinski definition) is 1. The molecule has 0 spiro atoms. The van der Waals surface area contributed by atoms with Crippen LogP contribution in [-0.2, 0) is 7.05 Å². The number of hydrogen-bond acceptors (Lipinski definition) is 4. The van der Waals surface area contributed by atoms with Gasteiger partial charge in [-0.15, -0.1) is 0 Å². The Morgan fingerprint density at radius 2 is 2.32 bits per heavy atom. The van der Waals surface area contributed by atoms with Crippen LogP contribution in [0, 0.1) is 3.70 Å². The number of aryl methyl sites for hydroxylation is 1. The minimum absolute atomic E-state index is 0.250. The molecule has 3 aromatic heterocycles. The van der Waals surface area contributed by atoms with Crippen LogP contribution in [0.1, 0.15) is 10.4 Å². The van der Waals surface area contributed by atoms with Crippen molar-refractivity contribution < 1.29 is 4.79 Å². The Balaban J connectivity index is 1.94. The van der Waals surface area contributed by atoms with Crippen LogP contribution in [0.3, 0.4) is 0 Å². The molecule has 1 amide bonds. The van der Waals surface area contributed by atoms with E-state index < -0.39 is 0 Å². The van der Waals surface area contributed by atoms with Crippen LogP contribution in [0.2, 0.25) is 0 Å². The number of carbonyl (C=O) groups excluding carboxylic acids is 1. The molecule has 0 aliphatic rings. The fourth-order valence-electron chi connectivity index (χ4n) is 1.72. The highest BCUT2D eigenvalue weighted by molar-refractivity contribution is 14.1. The molecule has 0 saturated heterocycles. The lowest BCUT2D eigenvalue weighted by Crippen LogP contribution is -2.12. The number of halogens is 1. The van der Waals surface area contributed by atoms with Crippen LogP contribution in [-0.4, -0.2) is 30.3 Å². The summed E-state index contributed by atoms with van der Waals surface area (Å²) < 4.78 is 3.94. The van der Waals surface area contributed by atoms with Crippen molar-refractivity contribution in [3.8, 4) is 0 Å². The lowest BCUT2D eigenvalue weighted by Gasteiger charge is -2.00. The van der Waals surface area contributed by atoms with Gasteiger partial charge < -0.3 is 5.32 Å². The van der Waals surface area contributed by atoms with E-state index in [9.17, 15) is 4.79 Å². The third-order valence-electron chi connectivity index (χ3n) is 2.56. The molecule has 7 nitrogen and oxygen atoms in total. The molecule has 0 aromatic carbocycles. The zero-order chi connectivity index (χ0) is 13.4. The van der Waals surface area contributed by atoms with E-state index in [1.165, 1.54) is 6.20 Å². The fraction of sp³-hybridized carbons (Fsp3) is 0.0909. The van der Waals surface area contributed by atoms with E-state index >= 15 is 0 Å². The Morgan fingerprint density at radius 3 is 3.05 bits per heavy atom. The average Bonchev–Trinajstić information content (AvgIpc) is 2.93. The topological polar surface area (TPSA) is 77.1 Å². The first-order chi connectivity index (χ1) is 9.15. The van der Waals surface area contributed by atoms with Gasteiger partial charge in [-0.05, 0) is 28.7 Å². The second-order valence-electron chi connectivity index (χ2n) is 3.91. The van der Waals surface area contributed by atoms with Crippen LogP contribution >= 0.6 is 22.6 Å². The molecule has 3 aromatic rings. The maximum atomic E-state index is 12.2. The standard InChI is InChI=1S/C11H9IN6O/c1-17-6-8(9(12)16-17)15-11(19)7-5-14-18-4-2-3-13-10(7)18/h2-6H,1H3,(H,15,19). The van der Waals surface area contributed by atoms with Crippen molar-refractivity contribution in [2.75, 3.05) is 5.32 Å². The van der Waals surface area contributed by atoms with Gasteiger partial charge >= 0.3 is 0 Å². The third-order valence-corrected chi connectivity index (χ3v) is 3.35. The summed E-state index contributed by atoms with van der Waals surface area (Å²) in [5.41, 5.74) is 1.63. The predicted octanol–water partition coefficient (Wildman–Crippen LogP) is 1.32. The lowest BCUT2D eigenvalue weighted by molar-refractivity contribution is 0.102. The molecule has 0 fully saturated rings. The first-order valence-electron chi connectivity index (χ1n) is 5.44. The number of amides is 1. The first-order valence-corrected chi connectivity index (χ1v) is 6.52. The molecular weight excluding hydrogens is 359 g/mol. The molecule has 19 heavy (non-hydrogen) atoms. The molecular formula is C11H9IN6O. The number of aromatic nitrogens is 5. The minimum Gasteiger partial charge on any atom is -0.318 e. The van der Waals surface area contributed by atoms with Gasteiger partial charge in [-0.2, -0.15) is 10.2 Å². The maximum absolute atomic E-state index is 12.2. The van der Waals surface area contributed by atoms with Crippen molar-refractivity contribution in [1.29, 1.82) is 0 Å². The Labute approximate surface area is 121 Å². The van der Waals surface area contributed by atoms with Crippen LogP contribution < -0.4 is 5.32 Å². The molecule has 96 valence electrons. The maximum Gasteiger partial charge on any atom is 0.261 e. The molecule has 3 rings (SSSR count). The second kappa shape index (κ2) is 4.61. The van der Waals surface area contributed by atoms with Gasteiger partial charge in [-0.1, -0.05) is 0 Å². The zero-order valence-electron chi connectivity index (χ0n) is 9.91. The van der Waals surface area contributed by atoms with E-state index in [1.807, 2.05) is 0 Å². The van der Waals surface area contributed by atoms with Gasteiger partial charge in [0.1, 0.15) is 9.26 Å². The SMILES string of the molecule is Cn1cc(NC(=O)c2cnn3cccnc23)c(I)n1. The summed E-state index contributed by atoms with van der Waals surface area (Å²) in [7, 11) is 1.80. The van der Waals surface area contributed by atoms with Gasteiger partial charge in [0.05, 0.1) is 11.9 Å². The van der Waals surface area contributed by atoms with Crippen molar-refractivity contribution >= 4 is 39.8 Å². The molecule has 8 heteroatoms. The highest BCUT2D eigenvalue weighted by atomic mass is 127. The van der Waals surface area contributed by atoms with Gasteiger partial charge in [-0.3, -0.25) is 9.48 Å². The Kier molecular flexibility index (Phi) is 2.93. The summed E-state index contributed by atoms with van der Waals surface area (Å²) in [6, 6.07) is 1.76. The molecule has 1 N–H and O–H groups in total. The highest BCUT2D eigenvalue weighted by Crippen LogP contribution is 2.17. The summed E-state index contributed by atoms with van der Waals surface area (Å²) >= 11 is 2.07. The molecule has 0 aliphatic heterocycles. The third kappa shape index (κ3) is 2.18. The number of carbonyl (C=O) groups is 1. The number of nitrogens with zero attached hydrogens (tertiary/aromatic N) is 5. The predicted molar refractivity (Wildman–Crippen MR) is 76.9 cm³/mol. The Morgan fingerprint density at radius 1 is 1.47 bits per heavy atom. The summed E-state index contributed by atoms with van der Waals surface area (Å²) in [4.78, 5) is 16.4. The quantitative estimate of drug-likeness (QED) is 0.693. The molecule has 0 radical (unpaired) electrons. The van der Waals surface area contributed by atoms with Crippen LogP contribution in [0.15, 0.2) is 30.9 Å². The van der Waals surface area contributed by atoms with Gasteiger partial charge in [0, 0.05) is 25.6 Å². The monoisotopic (exact) mass is 368 g/mol. The number of nitrogens with one attached hydrogen (secondary N) is 1. The largest absolute Gasteiger partial charge is 0.318 e. The van der Waals surface area contributed by atoms with E-state index in [0.29, 0.717) is 16.9 Å². The lowest BCUT2D eigenvalue weighted by atomic mass is 10.3. The average molecular weight is 368 g/mol. The van der Waals surface area contributed by atoms with Crippen molar-refractivity contribution in [1.82, 2.24) is 24.4 Å². The normalized spacial score (nSPS) is 10.8. The minimum atomic E-state index is -0.250. The molecule has 0 bridgehead atoms. The molecule has 0 unspecified atom stereocenters. The number of fused-ring (bicyclic) bond motifs is 1. The van der Waals surface area contributed by atoms with Crippen LogP contribution in [0.4, 0.5) is 5.69 Å². The van der Waals surface area contributed by atoms with E-state index in [0.717, 1.165) is 3.70 Å².